The van der Waals surface area contributed by atoms with E-state index >= 15 is 0 Å². The van der Waals surface area contributed by atoms with E-state index in [1.165, 1.54) is 10.9 Å². The van der Waals surface area contributed by atoms with Gasteiger partial charge in [-0.2, -0.15) is 0 Å². The molecule has 0 saturated carbocycles. The molecule has 0 spiro atoms. The number of thiazole rings is 1. The molecule has 2 N–H and O–H groups in total. The Kier molecular flexibility index (Phi) is 7.59. The quantitative estimate of drug-likeness (QED) is 0.427. The van der Waals surface area contributed by atoms with Crippen molar-refractivity contribution in [2.24, 2.45) is 4.99 Å². The van der Waals surface area contributed by atoms with Gasteiger partial charge in [0.25, 0.3) is 0 Å². The first-order valence-corrected chi connectivity index (χ1v) is 8.90. The van der Waals surface area contributed by atoms with Crippen molar-refractivity contribution in [2.75, 3.05) is 26.7 Å². The normalized spacial score (nSPS) is 11.4. The summed E-state index contributed by atoms with van der Waals surface area (Å²) in [7, 11) is 1.68. The van der Waals surface area contributed by atoms with Crippen LogP contribution in [0.25, 0.3) is 0 Å². The van der Waals surface area contributed by atoms with E-state index in [-0.39, 0.29) is 12.4 Å². The van der Waals surface area contributed by atoms with E-state index in [1.54, 1.807) is 18.4 Å². The molecule has 8 heteroatoms. The second-order valence-corrected chi connectivity index (χ2v) is 6.37. The molecule has 5 nitrogen and oxygen atoms in total. The molecule has 0 aliphatic carbocycles. The Morgan fingerprint density at radius 2 is 2.08 bits per heavy atom. The van der Waals surface area contributed by atoms with Crippen LogP contribution in [0.15, 0.2) is 29.4 Å². The van der Waals surface area contributed by atoms with Gasteiger partial charge in [-0.05, 0) is 18.6 Å². The van der Waals surface area contributed by atoms with Gasteiger partial charge in [-0.1, -0.05) is 6.92 Å². The van der Waals surface area contributed by atoms with Crippen molar-refractivity contribution < 1.29 is 13.5 Å². The third-order valence-electron chi connectivity index (χ3n) is 3.35. The van der Waals surface area contributed by atoms with Crippen LogP contribution in [0.3, 0.4) is 0 Å². The van der Waals surface area contributed by atoms with E-state index in [1.807, 2.05) is 6.20 Å². The van der Waals surface area contributed by atoms with E-state index in [9.17, 15) is 8.78 Å². The molecule has 0 atom stereocenters. The standard InChI is InChI=1S/C17H22F2N4OS/c1-3-13-11-23-16(25-13)6-7-21-17(20-2)22-8-9-24-15-5-4-12(18)10-14(15)19/h4-5,10-11H,3,6-9H2,1-2H3,(H2,20,21,22). The lowest BCUT2D eigenvalue weighted by Crippen LogP contribution is -2.40. The van der Waals surface area contributed by atoms with Crippen molar-refractivity contribution in [3.8, 4) is 5.75 Å². The first kappa shape index (κ1) is 19.1. The molecule has 0 radical (unpaired) electrons. The molecule has 0 amide bonds. The van der Waals surface area contributed by atoms with E-state index in [4.69, 9.17) is 4.74 Å². The largest absolute Gasteiger partial charge is 0.489 e. The van der Waals surface area contributed by atoms with E-state index in [0.29, 0.717) is 19.0 Å². The van der Waals surface area contributed by atoms with Gasteiger partial charge < -0.3 is 15.4 Å². The minimum atomic E-state index is -0.711. The molecule has 2 aromatic rings. The second kappa shape index (κ2) is 9.93. The summed E-state index contributed by atoms with van der Waals surface area (Å²) in [5, 5.41) is 7.36. The summed E-state index contributed by atoms with van der Waals surface area (Å²) in [5.41, 5.74) is 0. The fourth-order valence-corrected chi connectivity index (χ4v) is 2.92. The first-order valence-electron chi connectivity index (χ1n) is 8.08. The Balaban J connectivity index is 1.66. The van der Waals surface area contributed by atoms with Crippen LogP contribution in [0.5, 0.6) is 5.75 Å². The number of guanidine groups is 1. The number of ether oxygens (including phenoxy) is 1. The molecule has 0 fully saturated rings. The average molecular weight is 368 g/mol. The molecule has 25 heavy (non-hydrogen) atoms. The first-order chi connectivity index (χ1) is 12.1. The van der Waals surface area contributed by atoms with Gasteiger partial charge in [-0.15, -0.1) is 11.3 Å². The number of aromatic nitrogens is 1. The van der Waals surface area contributed by atoms with Crippen LogP contribution in [-0.2, 0) is 12.8 Å². The Hall–Kier alpha value is -2.22. The van der Waals surface area contributed by atoms with Crippen molar-refractivity contribution in [1.29, 1.82) is 0 Å². The fourth-order valence-electron chi connectivity index (χ4n) is 2.06. The predicted octanol–water partition coefficient (Wildman–Crippen LogP) is 2.77. The maximum Gasteiger partial charge on any atom is 0.191 e. The van der Waals surface area contributed by atoms with Crippen molar-refractivity contribution in [1.82, 2.24) is 15.6 Å². The second-order valence-electron chi connectivity index (χ2n) is 5.17. The van der Waals surface area contributed by atoms with E-state index in [2.05, 4.69) is 27.5 Å². The summed E-state index contributed by atoms with van der Waals surface area (Å²) in [5.74, 6) is -0.673. The highest BCUT2D eigenvalue weighted by molar-refractivity contribution is 7.11. The molecule has 1 aromatic carbocycles. The summed E-state index contributed by atoms with van der Waals surface area (Å²) < 4.78 is 31.5. The summed E-state index contributed by atoms with van der Waals surface area (Å²) in [4.78, 5) is 9.76. The lowest BCUT2D eigenvalue weighted by atomic mass is 10.3. The SMILES string of the molecule is CCc1cnc(CCNC(=NC)NCCOc2ccc(F)cc2F)s1. The highest BCUT2D eigenvalue weighted by Gasteiger charge is 2.05. The smallest absolute Gasteiger partial charge is 0.191 e. The number of nitrogens with zero attached hydrogens (tertiary/aromatic N) is 2. The van der Waals surface area contributed by atoms with Gasteiger partial charge in [0.1, 0.15) is 12.4 Å². The van der Waals surface area contributed by atoms with Crippen LogP contribution >= 0.6 is 11.3 Å². The Bertz CT molecular complexity index is 706. The number of aryl methyl sites for hydroxylation is 1. The highest BCUT2D eigenvalue weighted by atomic mass is 32.1. The topological polar surface area (TPSA) is 58.5 Å². The number of hydrogen-bond donors (Lipinski definition) is 2. The molecular weight excluding hydrogens is 346 g/mol. The number of nitrogens with one attached hydrogen (secondary N) is 2. The number of rotatable bonds is 8. The van der Waals surface area contributed by atoms with Crippen LogP contribution in [0.4, 0.5) is 8.78 Å². The molecule has 2 rings (SSSR count). The van der Waals surface area contributed by atoms with Gasteiger partial charge in [0, 0.05) is 37.2 Å². The van der Waals surface area contributed by atoms with Crippen molar-refractivity contribution in [3.05, 3.63) is 45.9 Å². The summed E-state index contributed by atoms with van der Waals surface area (Å²) in [6.45, 7) is 3.49. The lowest BCUT2D eigenvalue weighted by Gasteiger charge is -2.12. The van der Waals surface area contributed by atoms with Gasteiger partial charge in [0.2, 0.25) is 0 Å². The minimum absolute atomic E-state index is 0.0293. The lowest BCUT2D eigenvalue weighted by molar-refractivity contribution is 0.304. The van der Waals surface area contributed by atoms with Crippen LogP contribution in [0.1, 0.15) is 16.8 Å². The van der Waals surface area contributed by atoms with Crippen molar-refractivity contribution in [3.63, 3.8) is 0 Å². The third kappa shape index (κ3) is 6.30. The fraction of sp³-hybridized carbons (Fsp3) is 0.412. The Morgan fingerprint density at radius 1 is 1.28 bits per heavy atom. The zero-order valence-corrected chi connectivity index (χ0v) is 15.1. The summed E-state index contributed by atoms with van der Waals surface area (Å²) in [6, 6.07) is 3.23. The van der Waals surface area contributed by atoms with Crippen LogP contribution in [0.2, 0.25) is 0 Å². The Morgan fingerprint density at radius 3 is 2.76 bits per heavy atom. The highest BCUT2D eigenvalue weighted by Crippen LogP contribution is 2.17. The van der Waals surface area contributed by atoms with Crippen molar-refractivity contribution >= 4 is 17.3 Å². The van der Waals surface area contributed by atoms with Crippen LogP contribution in [0, 0.1) is 11.6 Å². The molecule has 1 heterocycles. The number of benzene rings is 1. The summed E-state index contributed by atoms with van der Waals surface area (Å²) in [6.07, 6.45) is 3.74. The van der Waals surface area contributed by atoms with Gasteiger partial charge in [0.15, 0.2) is 17.5 Å². The third-order valence-corrected chi connectivity index (χ3v) is 4.55. The molecule has 0 saturated heterocycles. The zero-order valence-electron chi connectivity index (χ0n) is 14.3. The van der Waals surface area contributed by atoms with E-state index < -0.39 is 11.6 Å². The summed E-state index contributed by atoms with van der Waals surface area (Å²) >= 11 is 1.72. The molecular formula is C17H22F2N4OS. The molecule has 0 aliphatic heterocycles. The molecule has 0 bridgehead atoms. The monoisotopic (exact) mass is 368 g/mol. The Labute approximate surface area is 150 Å². The van der Waals surface area contributed by atoms with Gasteiger partial charge in [0.05, 0.1) is 11.6 Å². The van der Waals surface area contributed by atoms with Gasteiger partial charge >= 0.3 is 0 Å². The number of halogens is 2. The van der Waals surface area contributed by atoms with E-state index in [0.717, 1.165) is 30.0 Å². The van der Waals surface area contributed by atoms with Gasteiger partial charge in [-0.3, -0.25) is 4.99 Å². The molecule has 136 valence electrons. The molecule has 0 aliphatic rings. The van der Waals surface area contributed by atoms with Crippen LogP contribution in [-0.4, -0.2) is 37.7 Å². The average Bonchev–Trinajstić information content (AvgIpc) is 3.06. The number of aliphatic imine (C=N–C) groups is 1. The number of hydrogen-bond acceptors (Lipinski definition) is 4. The maximum atomic E-state index is 13.4. The molecule has 1 aromatic heterocycles. The van der Waals surface area contributed by atoms with Crippen molar-refractivity contribution in [2.45, 2.75) is 19.8 Å². The minimum Gasteiger partial charge on any atom is -0.489 e. The zero-order chi connectivity index (χ0) is 18.1. The maximum absolute atomic E-state index is 13.4. The predicted molar refractivity (Wildman–Crippen MR) is 96.4 cm³/mol. The van der Waals surface area contributed by atoms with Gasteiger partial charge in [-0.25, -0.2) is 13.8 Å². The molecule has 0 unspecified atom stereocenters. The van der Waals surface area contributed by atoms with Crippen LogP contribution < -0.4 is 15.4 Å².